The molecule has 5 N–H and O–H groups in total. The molecule has 7 nitrogen and oxygen atoms in total. The lowest BCUT2D eigenvalue weighted by atomic mass is 9.90. The molecule has 8 heteroatoms. The Morgan fingerprint density at radius 3 is 2.29 bits per heavy atom. The molecular weight excluding hydrogens is 388 g/mol. The highest BCUT2D eigenvalue weighted by atomic mass is 35.5. The summed E-state index contributed by atoms with van der Waals surface area (Å²) < 4.78 is 5.59. The molecule has 28 heavy (non-hydrogen) atoms. The van der Waals surface area contributed by atoms with E-state index in [4.69, 9.17) is 21.4 Å². The second-order valence-corrected chi connectivity index (χ2v) is 7.19. The van der Waals surface area contributed by atoms with Crippen molar-refractivity contribution in [3.8, 4) is 0 Å². The lowest BCUT2D eigenvalue weighted by molar-refractivity contribution is -0.231. The molecule has 1 fully saturated rings. The summed E-state index contributed by atoms with van der Waals surface area (Å²) in [7, 11) is 0. The number of benzene rings is 2. The molecule has 1 aliphatic rings. The van der Waals surface area contributed by atoms with Gasteiger partial charge in [0.2, 0.25) is 0 Å². The van der Waals surface area contributed by atoms with Crippen LogP contribution in [0.4, 0.5) is 0 Å². The Morgan fingerprint density at radius 2 is 1.68 bits per heavy atom. The Balaban J connectivity index is 1.85. The molecule has 0 amide bonds. The Morgan fingerprint density at radius 1 is 1.00 bits per heavy atom. The SMILES string of the molecule is O=C(O)c1ccc(Cc2cc([C@@H]3O[C@H](CO)[C@@H](O)[C@H](O)[C@H]3O)ccc2Cl)cc1. The van der Waals surface area contributed by atoms with Crippen molar-refractivity contribution in [3.05, 3.63) is 69.7 Å². The Kier molecular flexibility index (Phi) is 6.34. The highest BCUT2D eigenvalue weighted by Crippen LogP contribution is 2.34. The molecule has 150 valence electrons. The van der Waals surface area contributed by atoms with Crippen LogP contribution in [0.25, 0.3) is 0 Å². The van der Waals surface area contributed by atoms with Gasteiger partial charge in [-0.25, -0.2) is 4.79 Å². The first-order chi connectivity index (χ1) is 13.3. The zero-order chi connectivity index (χ0) is 20.4. The summed E-state index contributed by atoms with van der Waals surface area (Å²) in [6.07, 6.45) is -5.77. The third-order valence-corrected chi connectivity index (χ3v) is 5.25. The predicted molar refractivity (Wildman–Crippen MR) is 100 cm³/mol. The van der Waals surface area contributed by atoms with Crippen LogP contribution < -0.4 is 0 Å². The Labute approximate surface area is 166 Å². The van der Waals surface area contributed by atoms with Crippen molar-refractivity contribution >= 4 is 17.6 Å². The predicted octanol–water partition coefficient (Wildman–Crippen LogP) is 1.14. The summed E-state index contributed by atoms with van der Waals surface area (Å²) >= 11 is 6.28. The summed E-state index contributed by atoms with van der Waals surface area (Å²) in [5.74, 6) is -1.01. The summed E-state index contributed by atoms with van der Waals surface area (Å²) in [4.78, 5) is 11.0. The zero-order valence-corrected chi connectivity index (χ0v) is 15.5. The monoisotopic (exact) mass is 408 g/mol. The number of carboxylic acids is 1. The third kappa shape index (κ3) is 4.20. The molecule has 0 spiro atoms. The van der Waals surface area contributed by atoms with Gasteiger partial charge in [0.1, 0.15) is 30.5 Å². The van der Waals surface area contributed by atoms with E-state index >= 15 is 0 Å². The van der Waals surface area contributed by atoms with Crippen molar-refractivity contribution < 1.29 is 35.1 Å². The highest BCUT2D eigenvalue weighted by Gasteiger charge is 2.43. The van der Waals surface area contributed by atoms with E-state index in [9.17, 15) is 25.2 Å². The number of ether oxygens (including phenoxy) is 1. The van der Waals surface area contributed by atoms with Crippen molar-refractivity contribution in [2.75, 3.05) is 6.61 Å². The van der Waals surface area contributed by atoms with Gasteiger partial charge < -0.3 is 30.3 Å². The minimum atomic E-state index is -1.46. The second-order valence-electron chi connectivity index (χ2n) is 6.78. The average molecular weight is 409 g/mol. The lowest BCUT2D eigenvalue weighted by Gasteiger charge is -2.40. The molecule has 3 rings (SSSR count). The zero-order valence-electron chi connectivity index (χ0n) is 14.8. The fourth-order valence-corrected chi connectivity index (χ4v) is 3.45. The molecule has 0 saturated carbocycles. The average Bonchev–Trinajstić information content (AvgIpc) is 2.69. The smallest absolute Gasteiger partial charge is 0.335 e. The number of aliphatic hydroxyl groups excluding tert-OH is 4. The van der Waals surface area contributed by atoms with Gasteiger partial charge >= 0.3 is 5.97 Å². The number of aromatic carboxylic acids is 1. The minimum Gasteiger partial charge on any atom is -0.478 e. The van der Waals surface area contributed by atoms with Crippen molar-refractivity contribution in [1.82, 2.24) is 0 Å². The molecule has 1 saturated heterocycles. The number of carbonyl (C=O) groups is 1. The molecular formula is C20H21ClO7. The molecule has 1 heterocycles. The number of hydrogen-bond donors (Lipinski definition) is 5. The van der Waals surface area contributed by atoms with Crippen LogP contribution in [0.3, 0.4) is 0 Å². The molecule has 0 aliphatic carbocycles. The molecule has 0 unspecified atom stereocenters. The van der Waals surface area contributed by atoms with Crippen LogP contribution in [0.1, 0.15) is 33.2 Å². The minimum absolute atomic E-state index is 0.185. The van der Waals surface area contributed by atoms with Gasteiger partial charge in [-0.2, -0.15) is 0 Å². The third-order valence-electron chi connectivity index (χ3n) is 4.89. The molecule has 5 atom stereocenters. The van der Waals surface area contributed by atoms with Crippen LogP contribution in [-0.4, -0.2) is 62.5 Å². The van der Waals surface area contributed by atoms with E-state index in [0.717, 1.165) is 11.1 Å². The number of rotatable bonds is 5. The Bertz CT molecular complexity index is 837. The van der Waals surface area contributed by atoms with Gasteiger partial charge in [-0.1, -0.05) is 35.9 Å². The fraction of sp³-hybridized carbons (Fsp3) is 0.350. The standard InChI is InChI=1S/C20H21ClO7/c21-14-6-5-12(19-18(25)17(24)16(23)15(9-22)28-19)8-13(14)7-10-1-3-11(4-2-10)20(26)27/h1-6,8,15-19,22-25H,7,9H2,(H,26,27)/t15-,16-,17+,18-,19+/m1/s1. The highest BCUT2D eigenvalue weighted by molar-refractivity contribution is 6.31. The van der Waals surface area contributed by atoms with Crippen molar-refractivity contribution in [1.29, 1.82) is 0 Å². The lowest BCUT2D eigenvalue weighted by Crippen LogP contribution is -2.55. The first-order valence-electron chi connectivity index (χ1n) is 8.73. The molecule has 0 bridgehead atoms. The first-order valence-corrected chi connectivity index (χ1v) is 9.10. The molecule has 0 radical (unpaired) electrons. The maximum absolute atomic E-state index is 11.0. The maximum atomic E-state index is 11.0. The summed E-state index contributed by atoms with van der Waals surface area (Å²) in [6.45, 7) is -0.502. The first kappa shape index (κ1) is 20.7. The van der Waals surface area contributed by atoms with Crippen LogP contribution in [-0.2, 0) is 11.2 Å². The van der Waals surface area contributed by atoms with Gasteiger partial charge in [-0.15, -0.1) is 0 Å². The van der Waals surface area contributed by atoms with E-state index in [1.54, 1.807) is 30.3 Å². The Hall–Kier alpha value is -2.00. The van der Waals surface area contributed by atoms with E-state index < -0.39 is 43.1 Å². The van der Waals surface area contributed by atoms with Crippen molar-refractivity contribution in [3.63, 3.8) is 0 Å². The molecule has 2 aromatic rings. The van der Waals surface area contributed by atoms with Crippen LogP contribution >= 0.6 is 11.6 Å². The van der Waals surface area contributed by atoms with E-state index in [2.05, 4.69) is 0 Å². The molecule has 2 aromatic carbocycles. The second kappa shape index (κ2) is 8.57. The summed E-state index contributed by atoms with van der Waals surface area (Å²) in [6, 6.07) is 11.4. The number of hydrogen-bond acceptors (Lipinski definition) is 6. The van der Waals surface area contributed by atoms with Gasteiger partial charge in [0.15, 0.2) is 0 Å². The van der Waals surface area contributed by atoms with E-state index in [1.165, 1.54) is 12.1 Å². The van der Waals surface area contributed by atoms with Gasteiger partial charge in [-0.05, 0) is 41.3 Å². The van der Waals surface area contributed by atoms with Gasteiger partial charge in [0.05, 0.1) is 12.2 Å². The van der Waals surface area contributed by atoms with Gasteiger partial charge in [0.25, 0.3) is 0 Å². The molecule has 0 aromatic heterocycles. The van der Waals surface area contributed by atoms with Crippen molar-refractivity contribution in [2.24, 2.45) is 0 Å². The summed E-state index contributed by atoms with van der Waals surface area (Å²) in [5, 5.41) is 49.0. The fourth-order valence-electron chi connectivity index (χ4n) is 3.27. The topological polar surface area (TPSA) is 127 Å². The van der Waals surface area contributed by atoms with Crippen LogP contribution in [0.5, 0.6) is 0 Å². The van der Waals surface area contributed by atoms with Crippen LogP contribution in [0.15, 0.2) is 42.5 Å². The quantitative estimate of drug-likeness (QED) is 0.502. The largest absolute Gasteiger partial charge is 0.478 e. The number of halogens is 1. The van der Waals surface area contributed by atoms with E-state index in [1.807, 2.05) is 0 Å². The van der Waals surface area contributed by atoms with Crippen LogP contribution in [0.2, 0.25) is 5.02 Å². The van der Waals surface area contributed by atoms with Gasteiger partial charge in [0, 0.05) is 5.02 Å². The van der Waals surface area contributed by atoms with E-state index in [0.29, 0.717) is 17.0 Å². The summed E-state index contributed by atoms with van der Waals surface area (Å²) in [5.41, 5.74) is 2.29. The normalized spacial score (nSPS) is 27.5. The number of aliphatic hydroxyl groups is 4. The maximum Gasteiger partial charge on any atom is 0.335 e. The molecule has 1 aliphatic heterocycles. The van der Waals surface area contributed by atoms with Crippen molar-refractivity contribution in [2.45, 2.75) is 36.9 Å². The van der Waals surface area contributed by atoms with Gasteiger partial charge in [-0.3, -0.25) is 0 Å². The van der Waals surface area contributed by atoms with E-state index in [-0.39, 0.29) is 5.56 Å². The van der Waals surface area contributed by atoms with Crippen LogP contribution in [0, 0.1) is 0 Å². The number of carboxylic acid groups (broad SMARTS) is 1.